The summed E-state index contributed by atoms with van der Waals surface area (Å²) in [6.45, 7) is 4.16. The fourth-order valence-corrected chi connectivity index (χ4v) is 2.78. The molecule has 2 heterocycles. The summed E-state index contributed by atoms with van der Waals surface area (Å²) < 4.78 is 0. The van der Waals surface area contributed by atoms with Crippen LogP contribution in [0.15, 0.2) is 12.1 Å². The summed E-state index contributed by atoms with van der Waals surface area (Å²) in [6, 6.07) is 3.61. The fourth-order valence-electron chi connectivity index (χ4n) is 1.88. The number of carboxylic acid groups (broad SMARTS) is 1. The largest absolute Gasteiger partial charge is 0.477 e. The first-order chi connectivity index (χ1) is 7.66. The smallest absolute Gasteiger partial charge is 0.345 e. The van der Waals surface area contributed by atoms with Crippen molar-refractivity contribution < 1.29 is 9.90 Å². The van der Waals surface area contributed by atoms with Gasteiger partial charge in [0.15, 0.2) is 0 Å². The van der Waals surface area contributed by atoms with Crippen molar-refractivity contribution in [1.29, 1.82) is 0 Å². The average Bonchev–Trinajstić information content (AvgIpc) is 2.63. The summed E-state index contributed by atoms with van der Waals surface area (Å²) in [7, 11) is 2.13. The van der Waals surface area contributed by atoms with Crippen LogP contribution in [-0.2, 0) is 0 Å². The molecule has 0 aliphatic carbocycles. The summed E-state index contributed by atoms with van der Waals surface area (Å²) >= 11 is 1.37. The van der Waals surface area contributed by atoms with Crippen LogP contribution in [0.2, 0.25) is 0 Å². The first-order valence-corrected chi connectivity index (χ1v) is 6.25. The van der Waals surface area contributed by atoms with Crippen molar-refractivity contribution >= 4 is 22.3 Å². The predicted octanol–water partition coefficient (Wildman–Crippen LogP) is 1.59. The molecule has 16 heavy (non-hydrogen) atoms. The number of hydrogen-bond acceptors (Lipinski definition) is 4. The maximum absolute atomic E-state index is 10.8. The molecule has 5 heteroatoms. The number of aromatic carboxylic acids is 1. The first kappa shape index (κ1) is 11.4. The standard InChI is InChI=1S/C11H16N2O2S/c1-12-5-2-6-13(8-7-12)10-4-3-9(16-10)11(14)15/h3-4H,2,5-8H2,1H3,(H,14,15). The zero-order valence-corrected chi connectivity index (χ0v) is 10.2. The van der Waals surface area contributed by atoms with Crippen LogP contribution in [0.5, 0.6) is 0 Å². The molecule has 1 aliphatic rings. The van der Waals surface area contributed by atoms with Gasteiger partial charge < -0.3 is 14.9 Å². The Morgan fingerprint density at radius 2 is 2.12 bits per heavy atom. The normalized spacial score (nSPS) is 18.4. The minimum atomic E-state index is -0.830. The number of likely N-dealkylation sites (N-methyl/N-ethyl adjacent to an activating group) is 1. The summed E-state index contributed by atoms with van der Waals surface area (Å²) in [5, 5.41) is 9.95. The van der Waals surface area contributed by atoms with Crippen molar-refractivity contribution in [3.63, 3.8) is 0 Å². The molecule has 0 amide bonds. The van der Waals surface area contributed by atoms with E-state index in [0.29, 0.717) is 4.88 Å². The highest BCUT2D eigenvalue weighted by atomic mass is 32.1. The van der Waals surface area contributed by atoms with Gasteiger partial charge in [-0.25, -0.2) is 4.79 Å². The highest BCUT2D eigenvalue weighted by molar-refractivity contribution is 7.17. The van der Waals surface area contributed by atoms with E-state index in [2.05, 4.69) is 16.8 Å². The summed E-state index contributed by atoms with van der Waals surface area (Å²) in [6.07, 6.45) is 1.14. The fraction of sp³-hybridized carbons (Fsp3) is 0.545. The Hall–Kier alpha value is -1.07. The Bertz CT molecular complexity index is 378. The second-order valence-corrected chi connectivity index (χ2v) is 5.15. The number of rotatable bonds is 2. The topological polar surface area (TPSA) is 43.8 Å². The number of nitrogens with zero attached hydrogens (tertiary/aromatic N) is 2. The maximum Gasteiger partial charge on any atom is 0.345 e. The van der Waals surface area contributed by atoms with E-state index >= 15 is 0 Å². The third-order valence-corrected chi connectivity index (χ3v) is 3.97. The van der Waals surface area contributed by atoms with Crippen LogP contribution in [0.25, 0.3) is 0 Å². The molecular weight excluding hydrogens is 224 g/mol. The van der Waals surface area contributed by atoms with Crippen molar-refractivity contribution in [2.24, 2.45) is 0 Å². The molecule has 0 radical (unpaired) electrons. The highest BCUT2D eigenvalue weighted by Crippen LogP contribution is 2.26. The van der Waals surface area contributed by atoms with Crippen LogP contribution in [0.4, 0.5) is 5.00 Å². The molecular formula is C11H16N2O2S. The molecule has 0 aromatic carbocycles. The van der Waals surface area contributed by atoms with Crippen molar-refractivity contribution in [1.82, 2.24) is 4.90 Å². The lowest BCUT2D eigenvalue weighted by atomic mass is 10.4. The molecule has 88 valence electrons. The van der Waals surface area contributed by atoms with E-state index in [1.165, 1.54) is 11.3 Å². The van der Waals surface area contributed by atoms with Crippen LogP contribution < -0.4 is 4.90 Å². The number of thiophene rings is 1. The van der Waals surface area contributed by atoms with Gasteiger partial charge in [-0.1, -0.05) is 0 Å². The minimum absolute atomic E-state index is 0.424. The molecule has 1 N–H and O–H groups in total. The van der Waals surface area contributed by atoms with E-state index in [1.807, 2.05) is 6.07 Å². The molecule has 0 saturated carbocycles. The van der Waals surface area contributed by atoms with Gasteiger partial charge in [0.2, 0.25) is 0 Å². The molecule has 2 rings (SSSR count). The molecule has 1 aromatic rings. The van der Waals surface area contributed by atoms with Crippen molar-refractivity contribution in [3.05, 3.63) is 17.0 Å². The third kappa shape index (κ3) is 2.54. The molecule has 0 atom stereocenters. The summed E-state index contributed by atoms with van der Waals surface area (Å²) in [5.74, 6) is -0.830. The minimum Gasteiger partial charge on any atom is -0.477 e. The first-order valence-electron chi connectivity index (χ1n) is 5.43. The Balaban J connectivity index is 2.07. The maximum atomic E-state index is 10.8. The third-order valence-electron chi connectivity index (χ3n) is 2.83. The molecule has 1 fully saturated rings. The zero-order chi connectivity index (χ0) is 11.5. The number of carbonyl (C=O) groups is 1. The summed E-state index contributed by atoms with van der Waals surface area (Å²) in [5.41, 5.74) is 0. The molecule has 4 nitrogen and oxygen atoms in total. The number of anilines is 1. The van der Waals surface area contributed by atoms with Gasteiger partial charge in [0.05, 0.1) is 5.00 Å². The van der Waals surface area contributed by atoms with Crippen LogP contribution >= 0.6 is 11.3 Å². The Labute approximate surface area is 99.1 Å². The lowest BCUT2D eigenvalue weighted by Crippen LogP contribution is -2.27. The van der Waals surface area contributed by atoms with Gasteiger partial charge in [0.25, 0.3) is 0 Å². The monoisotopic (exact) mass is 240 g/mol. The van der Waals surface area contributed by atoms with E-state index < -0.39 is 5.97 Å². The van der Waals surface area contributed by atoms with E-state index in [1.54, 1.807) is 6.07 Å². The second kappa shape index (κ2) is 4.84. The predicted molar refractivity (Wildman–Crippen MR) is 65.6 cm³/mol. The molecule has 0 bridgehead atoms. The van der Waals surface area contributed by atoms with Crippen LogP contribution in [0.1, 0.15) is 16.1 Å². The lowest BCUT2D eigenvalue weighted by molar-refractivity contribution is 0.0702. The van der Waals surface area contributed by atoms with Gasteiger partial charge in [-0.3, -0.25) is 0 Å². The van der Waals surface area contributed by atoms with Gasteiger partial charge in [-0.2, -0.15) is 0 Å². The van der Waals surface area contributed by atoms with Crippen LogP contribution in [0, 0.1) is 0 Å². The number of hydrogen-bond donors (Lipinski definition) is 1. The zero-order valence-electron chi connectivity index (χ0n) is 9.35. The Morgan fingerprint density at radius 1 is 1.31 bits per heavy atom. The van der Waals surface area contributed by atoms with Crippen molar-refractivity contribution in [2.75, 3.05) is 38.1 Å². The van der Waals surface area contributed by atoms with E-state index in [9.17, 15) is 4.79 Å². The molecule has 1 aliphatic heterocycles. The van der Waals surface area contributed by atoms with Gasteiger partial charge in [-0.05, 0) is 32.1 Å². The Morgan fingerprint density at radius 3 is 2.81 bits per heavy atom. The Kier molecular flexibility index (Phi) is 3.46. The van der Waals surface area contributed by atoms with Gasteiger partial charge in [0.1, 0.15) is 4.88 Å². The van der Waals surface area contributed by atoms with E-state index in [-0.39, 0.29) is 0 Å². The van der Waals surface area contributed by atoms with E-state index in [0.717, 1.165) is 37.6 Å². The average molecular weight is 240 g/mol. The van der Waals surface area contributed by atoms with Gasteiger partial charge in [0, 0.05) is 19.6 Å². The lowest BCUT2D eigenvalue weighted by Gasteiger charge is -2.20. The van der Waals surface area contributed by atoms with E-state index in [4.69, 9.17) is 5.11 Å². The molecule has 0 unspecified atom stereocenters. The second-order valence-electron chi connectivity index (χ2n) is 4.09. The van der Waals surface area contributed by atoms with Gasteiger partial charge in [-0.15, -0.1) is 11.3 Å². The van der Waals surface area contributed by atoms with Crippen LogP contribution in [-0.4, -0.2) is 49.2 Å². The van der Waals surface area contributed by atoms with Crippen molar-refractivity contribution in [2.45, 2.75) is 6.42 Å². The van der Waals surface area contributed by atoms with Crippen molar-refractivity contribution in [3.8, 4) is 0 Å². The summed E-state index contributed by atoms with van der Waals surface area (Å²) in [4.78, 5) is 15.8. The van der Waals surface area contributed by atoms with Gasteiger partial charge >= 0.3 is 5.97 Å². The molecule has 1 saturated heterocycles. The molecule has 1 aromatic heterocycles. The number of carboxylic acids is 1. The highest BCUT2D eigenvalue weighted by Gasteiger charge is 2.15. The SMILES string of the molecule is CN1CCCN(c2ccc(C(=O)O)s2)CC1. The quantitative estimate of drug-likeness (QED) is 0.852. The van der Waals surface area contributed by atoms with Crippen LogP contribution in [0.3, 0.4) is 0 Å². The molecule has 0 spiro atoms.